The fraction of sp³-hybridized carbons (Fsp3) is 0.529. The molecule has 1 aromatic heterocycles. The molecule has 142 valence electrons. The molecule has 1 atom stereocenters. The first kappa shape index (κ1) is 19.6. The third-order valence-electron chi connectivity index (χ3n) is 4.45. The number of rotatable bonds is 6. The Morgan fingerprint density at radius 2 is 2.04 bits per heavy atom. The minimum atomic E-state index is -0.474. The van der Waals surface area contributed by atoms with E-state index in [0.29, 0.717) is 28.8 Å². The lowest BCUT2D eigenvalue weighted by Crippen LogP contribution is -2.48. The number of aromatic nitrogens is 2. The minimum absolute atomic E-state index is 0.325. The lowest BCUT2D eigenvalue weighted by Gasteiger charge is -2.34. The van der Waals surface area contributed by atoms with E-state index in [0.717, 1.165) is 30.7 Å². The van der Waals surface area contributed by atoms with Gasteiger partial charge in [-0.25, -0.2) is 4.39 Å². The van der Waals surface area contributed by atoms with E-state index in [2.05, 4.69) is 43.0 Å². The zero-order valence-corrected chi connectivity index (χ0v) is 17.3. The van der Waals surface area contributed by atoms with Crippen molar-refractivity contribution in [1.82, 2.24) is 20.0 Å². The van der Waals surface area contributed by atoms with Crippen molar-refractivity contribution >= 4 is 32.4 Å². The van der Waals surface area contributed by atoms with E-state index in [4.69, 9.17) is 0 Å². The predicted octanol–water partition coefficient (Wildman–Crippen LogP) is 2.15. The summed E-state index contributed by atoms with van der Waals surface area (Å²) in [5.41, 5.74) is 0.425. The standard InChI is InChI=1S/C17H23BrFN5OS/c1-22-5-7-24(8-6-22)11-13(25)10-23(2)17-21-20-16(26-17)14-9-12(18)3-4-15(14)19/h3-4,9,13,25H,5-8,10-11H2,1-2H3. The van der Waals surface area contributed by atoms with Gasteiger partial charge in [-0.2, -0.15) is 0 Å². The normalized spacial score (nSPS) is 17.4. The molecule has 0 saturated carbocycles. The summed E-state index contributed by atoms with van der Waals surface area (Å²) in [5.74, 6) is -0.325. The van der Waals surface area contributed by atoms with Crippen molar-refractivity contribution in [3.05, 3.63) is 28.5 Å². The Labute approximate surface area is 165 Å². The highest BCUT2D eigenvalue weighted by Crippen LogP contribution is 2.31. The number of anilines is 1. The highest BCUT2D eigenvalue weighted by Gasteiger charge is 2.20. The van der Waals surface area contributed by atoms with Gasteiger partial charge in [0.1, 0.15) is 5.82 Å². The van der Waals surface area contributed by atoms with Crippen molar-refractivity contribution in [3.8, 4) is 10.6 Å². The molecule has 9 heteroatoms. The first-order valence-corrected chi connectivity index (χ1v) is 10.1. The van der Waals surface area contributed by atoms with Gasteiger partial charge in [0.05, 0.1) is 6.10 Å². The zero-order valence-electron chi connectivity index (χ0n) is 14.9. The van der Waals surface area contributed by atoms with E-state index in [9.17, 15) is 9.50 Å². The molecule has 26 heavy (non-hydrogen) atoms. The fourth-order valence-electron chi connectivity index (χ4n) is 2.92. The first-order valence-electron chi connectivity index (χ1n) is 8.51. The van der Waals surface area contributed by atoms with Crippen molar-refractivity contribution < 1.29 is 9.50 Å². The van der Waals surface area contributed by atoms with Crippen LogP contribution < -0.4 is 4.90 Å². The zero-order chi connectivity index (χ0) is 18.7. The maximum atomic E-state index is 14.0. The number of benzene rings is 1. The maximum absolute atomic E-state index is 14.0. The maximum Gasteiger partial charge on any atom is 0.208 e. The van der Waals surface area contributed by atoms with E-state index in [-0.39, 0.29) is 5.82 Å². The molecule has 1 N–H and O–H groups in total. The third kappa shape index (κ3) is 4.98. The molecule has 6 nitrogen and oxygen atoms in total. The van der Waals surface area contributed by atoms with Gasteiger partial charge in [0.2, 0.25) is 5.13 Å². The largest absolute Gasteiger partial charge is 0.390 e. The molecular weight excluding hydrogens is 421 g/mol. The van der Waals surface area contributed by atoms with Crippen molar-refractivity contribution in [1.29, 1.82) is 0 Å². The van der Waals surface area contributed by atoms with Gasteiger partial charge in [-0.3, -0.25) is 4.90 Å². The van der Waals surface area contributed by atoms with Crippen LogP contribution in [0.25, 0.3) is 10.6 Å². The summed E-state index contributed by atoms with van der Waals surface area (Å²) < 4.78 is 14.8. The lowest BCUT2D eigenvalue weighted by molar-refractivity contribution is 0.0843. The van der Waals surface area contributed by atoms with Crippen LogP contribution >= 0.6 is 27.3 Å². The number of piperazine rings is 1. The van der Waals surface area contributed by atoms with Crippen molar-refractivity contribution in [2.75, 3.05) is 58.3 Å². The Kier molecular flexibility index (Phi) is 6.57. The number of hydrogen-bond acceptors (Lipinski definition) is 7. The van der Waals surface area contributed by atoms with E-state index in [1.165, 1.54) is 17.4 Å². The molecule has 1 saturated heterocycles. The first-order chi connectivity index (χ1) is 12.4. The topological polar surface area (TPSA) is 55.7 Å². The Morgan fingerprint density at radius 3 is 2.77 bits per heavy atom. The average molecular weight is 444 g/mol. The number of aliphatic hydroxyl groups excluding tert-OH is 1. The van der Waals surface area contributed by atoms with Gasteiger partial charge in [0.25, 0.3) is 0 Å². The van der Waals surface area contributed by atoms with Gasteiger partial charge in [0.15, 0.2) is 5.01 Å². The Bertz CT molecular complexity index is 738. The Balaban J connectivity index is 1.59. The van der Waals surface area contributed by atoms with Crippen molar-refractivity contribution in [3.63, 3.8) is 0 Å². The molecule has 1 unspecified atom stereocenters. The molecule has 1 aliphatic heterocycles. The van der Waals surface area contributed by atoms with Gasteiger partial charge in [-0.05, 0) is 25.2 Å². The van der Waals surface area contributed by atoms with Crippen molar-refractivity contribution in [2.24, 2.45) is 0 Å². The molecule has 1 aromatic carbocycles. The molecule has 2 aromatic rings. The quantitative estimate of drug-likeness (QED) is 0.737. The molecular formula is C17H23BrFN5OS. The monoisotopic (exact) mass is 443 g/mol. The second-order valence-electron chi connectivity index (χ2n) is 6.65. The van der Waals surface area contributed by atoms with Crippen LogP contribution in [0.2, 0.25) is 0 Å². The molecule has 0 spiro atoms. The number of halogens is 2. The number of likely N-dealkylation sites (N-methyl/N-ethyl adjacent to an activating group) is 2. The van der Waals surface area contributed by atoms with Crippen LogP contribution in [0.3, 0.4) is 0 Å². The number of aliphatic hydroxyl groups is 1. The molecule has 1 fully saturated rings. The summed E-state index contributed by atoms with van der Waals surface area (Å²) in [7, 11) is 3.98. The summed E-state index contributed by atoms with van der Waals surface area (Å²) in [5, 5.41) is 19.9. The van der Waals surface area contributed by atoms with Crippen LogP contribution in [-0.4, -0.2) is 84.6 Å². The number of hydrogen-bond donors (Lipinski definition) is 1. The SMILES string of the molecule is CN1CCN(CC(O)CN(C)c2nnc(-c3cc(Br)ccc3F)s2)CC1. The number of β-amino-alcohol motifs (C(OH)–C–C–N with tert-alkyl or cyclic N) is 1. The van der Waals surface area contributed by atoms with E-state index in [1.54, 1.807) is 12.1 Å². The summed E-state index contributed by atoms with van der Waals surface area (Å²) >= 11 is 4.67. The number of nitrogens with zero attached hydrogens (tertiary/aromatic N) is 5. The second-order valence-corrected chi connectivity index (χ2v) is 8.52. The Hall–Kier alpha value is -1.13. The van der Waals surface area contributed by atoms with E-state index < -0.39 is 6.10 Å². The van der Waals surface area contributed by atoms with Gasteiger partial charge in [0, 0.05) is 56.4 Å². The van der Waals surface area contributed by atoms with Crippen LogP contribution in [0.1, 0.15) is 0 Å². The van der Waals surface area contributed by atoms with Gasteiger partial charge in [-0.1, -0.05) is 27.3 Å². The molecule has 1 aliphatic rings. The highest BCUT2D eigenvalue weighted by molar-refractivity contribution is 9.10. The molecule has 0 aliphatic carbocycles. The summed E-state index contributed by atoms with van der Waals surface area (Å²) in [6.45, 7) is 5.11. The van der Waals surface area contributed by atoms with Crippen LogP contribution in [0, 0.1) is 5.82 Å². The molecule has 0 radical (unpaired) electrons. The van der Waals surface area contributed by atoms with Crippen molar-refractivity contribution in [2.45, 2.75) is 6.10 Å². The van der Waals surface area contributed by atoms with Crippen LogP contribution in [0.4, 0.5) is 9.52 Å². The van der Waals surface area contributed by atoms with Gasteiger partial charge < -0.3 is 14.9 Å². The van der Waals surface area contributed by atoms with E-state index in [1.807, 2.05) is 11.9 Å². The van der Waals surface area contributed by atoms with Crippen LogP contribution in [0.5, 0.6) is 0 Å². The van der Waals surface area contributed by atoms with E-state index >= 15 is 0 Å². The summed E-state index contributed by atoms with van der Waals surface area (Å²) in [6, 6.07) is 4.76. The van der Waals surface area contributed by atoms with Crippen LogP contribution in [-0.2, 0) is 0 Å². The molecule has 2 heterocycles. The third-order valence-corrected chi connectivity index (χ3v) is 6.01. The summed E-state index contributed by atoms with van der Waals surface area (Å²) in [4.78, 5) is 6.44. The predicted molar refractivity (Wildman–Crippen MR) is 106 cm³/mol. The average Bonchev–Trinajstić information content (AvgIpc) is 3.09. The molecule has 0 bridgehead atoms. The highest BCUT2D eigenvalue weighted by atomic mass is 79.9. The molecule has 0 amide bonds. The minimum Gasteiger partial charge on any atom is -0.390 e. The van der Waals surface area contributed by atoms with Gasteiger partial charge >= 0.3 is 0 Å². The summed E-state index contributed by atoms with van der Waals surface area (Å²) in [6.07, 6.45) is -0.474. The lowest BCUT2D eigenvalue weighted by atomic mass is 10.2. The fourth-order valence-corrected chi connectivity index (χ4v) is 4.11. The molecule has 3 rings (SSSR count). The smallest absolute Gasteiger partial charge is 0.208 e. The second kappa shape index (κ2) is 8.71. The Morgan fingerprint density at radius 1 is 1.31 bits per heavy atom. The van der Waals surface area contributed by atoms with Crippen LogP contribution in [0.15, 0.2) is 22.7 Å². The van der Waals surface area contributed by atoms with Gasteiger partial charge in [-0.15, -0.1) is 10.2 Å².